The molecule has 0 spiro atoms. The molecule has 0 bridgehead atoms. The molecule has 0 saturated carbocycles. The third-order valence-corrected chi connectivity index (χ3v) is 5.02. The minimum Gasteiger partial charge on any atom is -0.492 e. The molecule has 0 heterocycles. The number of hydrazone groups is 1. The quantitative estimate of drug-likeness (QED) is 0.392. The highest BCUT2D eigenvalue weighted by Crippen LogP contribution is 2.33. The van der Waals surface area contributed by atoms with Crippen LogP contribution in [0.2, 0.25) is 0 Å². The summed E-state index contributed by atoms with van der Waals surface area (Å²) in [7, 11) is -2.11. The summed E-state index contributed by atoms with van der Waals surface area (Å²) in [5.74, 6) is 1.22. The zero-order chi connectivity index (χ0) is 17.6. The lowest BCUT2D eigenvalue weighted by molar-refractivity contribution is 0.309. The number of nitrogens with one attached hydrogen (secondary N) is 1. The van der Waals surface area contributed by atoms with Crippen LogP contribution in [0.4, 0.5) is 0 Å². The summed E-state index contributed by atoms with van der Waals surface area (Å²) >= 11 is 2.12. The largest absolute Gasteiger partial charge is 0.492 e. The van der Waals surface area contributed by atoms with Crippen molar-refractivity contribution in [2.45, 2.75) is 11.8 Å². The number of hydrogen-bond donors (Lipinski definition) is 1. The molecule has 0 unspecified atom stereocenters. The van der Waals surface area contributed by atoms with Crippen LogP contribution in [0.5, 0.6) is 11.5 Å². The molecule has 0 aliphatic heterocycles. The number of rotatable bonds is 7. The highest BCUT2D eigenvalue weighted by Gasteiger charge is 2.12. The second-order valence-electron chi connectivity index (χ2n) is 4.63. The Morgan fingerprint density at radius 3 is 2.58 bits per heavy atom. The highest BCUT2D eigenvalue weighted by molar-refractivity contribution is 14.1. The third-order valence-electron chi connectivity index (χ3n) is 2.98. The number of halogens is 1. The van der Waals surface area contributed by atoms with Crippen molar-refractivity contribution in [3.05, 3.63) is 51.6 Å². The summed E-state index contributed by atoms with van der Waals surface area (Å²) in [6.07, 6.45) is 1.42. The van der Waals surface area contributed by atoms with Crippen LogP contribution >= 0.6 is 22.6 Å². The lowest BCUT2D eigenvalue weighted by atomic mass is 10.2. The van der Waals surface area contributed by atoms with Gasteiger partial charge in [-0.1, -0.05) is 18.2 Å². The SMILES string of the molecule is CCOc1cc(C=NNS(=O)(=O)c2ccccc2)cc(I)c1OC. The monoisotopic (exact) mass is 460 g/mol. The molecule has 0 fully saturated rings. The van der Waals surface area contributed by atoms with Crippen molar-refractivity contribution in [2.24, 2.45) is 5.10 Å². The molecule has 0 saturated heterocycles. The van der Waals surface area contributed by atoms with Gasteiger partial charge in [-0.3, -0.25) is 0 Å². The topological polar surface area (TPSA) is 77.0 Å². The lowest BCUT2D eigenvalue weighted by Gasteiger charge is -2.11. The van der Waals surface area contributed by atoms with Crippen LogP contribution in [0.3, 0.4) is 0 Å². The van der Waals surface area contributed by atoms with E-state index in [1.54, 1.807) is 31.4 Å². The Hall–Kier alpha value is -1.81. The van der Waals surface area contributed by atoms with Crippen LogP contribution < -0.4 is 14.3 Å². The van der Waals surface area contributed by atoms with Crippen LogP contribution in [0, 0.1) is 3.57 Å². The van der Waals surface area contributed by atoms with Gasteiger partial charge in [0.15, 0.2) is 11.5 Å². The molecule has 6 nitrogen and oxygen atoms in total. The summed E-state index contributed by atoms with van der Waals surface area (Å²) in [4.78, 5) is 2.34. The average molecular weight is 460 g/mol. The first-order valence-electron chi connectivity index (χ1n) is 7.08. The van der Waals surface area contributed by atoms with E-state index >= 15 is 0 Å². The minimum absolute atomic E-state index is 0.154. The van der Waals surface area contributed by atoms with E-state index in [1.807, 2.05) is 13.0 Å². The number of benzene rings is 2. The van der Waals surface area contributed by atoms with Gasteiger partial charge in [-0.15, -0.1) is 0 Å². The van der Waals surface area contributed by atoms with Crippen molar-refractivity contribution >= 4 is 38.8 Å². The molecule has 0 atom stereocenters. The number of ether oxygens (including phenoxy) is 2. The van der Waals surface area contributed by atoms with Gasteiger partial charge in [0.25, 0.3) is 10.0 Å². The highest BCUT2D eigenvalue weighted by atomic mass is 127. The fourth-order valence-corrected chi connectivity index (χ4v) is 3.60. The summed E-state index contributed by atoms with van der Waals surface area (Å²) in [5.41, 5.74) is 0.694. The molecule has 128 valence electrons. The van der Waals surface area contributed by atoms with Gasteiger partial charge in [0.2, 0.25) is 0 Å². The molecule has 0 aromatic heterocycles. The minimum atomic E-state index is -3.68. The van der Waals surface area contributed by atoms with E-state index in [0.717, 1.165) is 3.57 Å². The van der Waals surface area contributed by atoms with Gasteiger partial charge in [0.05, 0.1) is 28.4 Å². The first-order valence-corrected chi connectivity index (χ1v) is 9.64. The molecule has 2 rings (SSSR count). The predicted octanol–water partition coefficient (Wildman–Crippen LogP) is 3.01. The maximum Gasteiger partial charge on any atom is 0.276 e. The number of methoxy groups -OCH3 is 1. The molecule has 8 heteroatoms. The van der Waals surface area contributed by atoms with Crippen molar-refractivity contribution in [1.82, 2.24) is 4.83 Å². The van der Waals surface area contributed by atoms with E-state index in [4.69, 9.17) is 9.47 Å². The summed E-state index contributed by atoms with van der Waals surface area (Å²) in [5, 5.41) is 3.82. The van der Waals surface area contributed by atoms with Gasteiger partial charge in [-0.2, -0.15) is 13.5 Å². The molecule has 0 aliphatic rings. The van der Waals surface area contributed by atoms with Crippen molar-refractivity contribution < 1.29 is 17.9 Å². The van der Waals surface area contributed by atoms with E-state index < -0.39 is 10.0 Å². The summed E-state index contributed by atoms with van der Waals surface area (Å²) in [6, 6.07) is 11.6. The van der Waals surface area contributed by atoms with Crippen LogP contribution in [0.1, 0.15) is 12.5 Å². The van der Waals surface area contributed by atoms with E-state index in [0.29, 0.717) is 23.7 Å². The number of nitrogens with zero attached hydrogens (tertiary/aromatic N) is 1. The third kappa shape index (κ3) is 4.60. The molecule has 2 aromatic carbocycles. The van der Waals surface area contributed by atoms with E-state index in [-0.39, 0.29) is 4.90 Å². The van der Waals surface area contributed by atoms with Gasteiger partial charge in [0, 0.05) is 0 Å². The molecule has 1 N–H and O–H groups in total. The maximum absolute atomic E-state index is 12.1. The van der Waals surface area contributed by atoms with Gasteiger partial charge in [-0.25, -0.2) is 4.83 Å². The first-order chi connectivity index (χ1) is 11.5. The van der Waals surface area contributed by atoms with E-state index in [1.165, 1.54) is 18.3 Å². The van der Waals surface area contributed by atoms with E-state index in [2.05, 4.69) is 32.5 Å². The first kappa shape index (κ1) is 18.5. The number of sulfonamides is 1. The second kappa shape index (κ2) is 8.34. The zero-order valence-corrected chi connectivity index (χ0v) is 16.2. The molecule has 0 radical (unpaired) electrons. The fourth-order valence-electron chi connectivity index (χ4n) is 1.95. The zero-order valence-electron chi connectivity index (χ0n) is 13.2. The Labute approximate surface area is 155 Å². The Bertz CT molecular complexity index is 823. The maximum atomic E-state index is 12.1. The van der Waals surface area contributed by atoms with Gasteiger partial charge in [-0.05, 0) is 59.3 Å². The molecular formula is C16H17IN2O4S. The normalized spacial score (nSPS) is 11.5. The van der Waals surface area contributed by atoms with Crippen molar-refractivity contribution in [3.8, 4) is 11.5 Å². The van der Waals surface area contributed by atoms with Crippen LogP contribution in [0.25, 0.3) is 0 Å². The predicted molar refractivity (Wildman–Crippen MR) is 101 cm³/mol. The van der Waals surface area contributed by atoms with Gasteiger partial charge < -0.3 is 9.47 Å². The summed E-state index contributed by atoms with van der Waals surface area (Å²) in [6.45, 7) is 2.37. The van der Waals surface area contributed by atoms with Crippen molar-refractivity contribution in [3.63, 3.8) is 0 Å². The Morgan fingerprint density at radius 1 is 1.25 bits per heavy atom. The average Bonchev–Trinajstić information content (AvgIpc) is 2.56. The standard InChI is InChI=1S/C16H17IN2O4S/c1-3-23-15-10-12(9-14(17)16(15)22-2)11-18-19-24(20,21)13-7-5-4-6-8-13/h4-11,19H,3H2,1-2H3. The Balaban J connectivity index is 2.20. The van der Waals surface area contributed by atoms with E-state index in [9.17, 15) is 8.42 Å². The van der Waals surface area contributed by atoms with Crippen LogP contribution in [-0.4, -0.2) is 28.3 Å². The van der Waals surface area contributed by atoms with Crippen LogP contribution in [-0.2, 0) is 10.0 Å². The Morgan fingerprint density at radius 2 is 1.96 bits per heavy atom. The molecule has 2 aromatic rings. The number of hydrogen-bond acceptors (Lipinski definition) is 5. The van der Waals surface area contributed by atoms with Crippen molar-refractivity contribution in [2.75, 3.05) is 13.7 Å². The second-order valence-corrected chi connectivity index (χ2v) is 7.46. The molecule has 0 aliphatic carbocycles. The van der Waals surface area contributed by atoms with Crippen LogP contribution in [0.15, 0.2) is 52.5 Å². The molecule has 24 heavy (non-hydrogen) atoms. The molecule has 0 amide bonds. The smallest absolute Gasteiger partial charge is 0.276 e. The van der Waals surface area contributed by atoms with Gasteiger partial charge >= 0.3 is 0 Å². The molecular weight excluding hydrogens is 443 g/mol. The van der Waals surface area contributed by atoms with Gasteiger partial charge in [0.1, 0.15) is 0 Å². The van der Waals surface area contributed by atoms with Crippen molar-refractivity contribution in [1.29, 1.82) is 0 Å². The fraction of sp³-hybridized carbons (Fsp3) is 0.188. The summed E-state index contributed by atoms with van der Waals surface area (Å²) < 4.78 is 35.9. The lowest BCUT2D eigenvalue weighted by Crippen LogP contribution is -2.18. The Kier molecular flexibility index (Phi) is 6.44.